The highest BCUT2D eigenvalue weighted by Crippen LogP contribution is 2.31. The molecule has 0 spiro atoms. The second-order valence-electron chi connectivity index (χ2n) is 6.82. The standard InChI is InChI=1S/C22H23Cl2N3O4/c1-13(31-19-6-5-15(23)11-18(19)24)22(28)26-20(21-25-7-8-27(21)2)14-9-16(29-3)12-17(10-14)30-4/h5-13,20H,1-4H3,(H,26,28). The number of aryl methyl sites for hydroxylation is 1. The van der Waals surface area contributed by atoms with Gasteiger partial charge in [-0.2, -0.15) is 0 Å². The van der Waals surface area contributed by atoms with E-state index in [4.69, 9.17) is 37.4 Å². The van der Waals surface area contributed by atoms with Crippen molar-refractivity contribution in [1.29, 1.82) is 0 Å². The molecular weight excluding hydrogens is 441 g/mol. The van der Waals surface area contributed by atoms with Gasteiger partial charge in [-0.25, -0.2) is 4.98 Å². The summed E-state index contributed by atoms with van der Waals surface area (Å²) < 4.78 is 18.3. The number of benzene rings is 2. The van der Waals surface area contributed by atoms with Crippen LogP contribution in [0.25, 0.3) is 0 Å². The van der Waals surface area contributed by atoms with Crippen LogP contribution in [-0.4, -0.2) is 35.8 Å². The Morgan fingerprint density at radius 1 is 1.10 bits per heavy atom. The van der Waals surface area contributed by atoms with E-state index in [1.54, 1.807) is 57.8 Å². The van der Waals surface area contributed by atoms with Crippen LogP contribution in [0.5, 0.6) is 17.2 Å². The predicted molar refractivity (Wildman–Crippen MR) is 119 cm³/mol. The first-order chi connectivity index (χ1) is 14.8. The van der Waals surface area contributed by atoms with Gasteiger partial charge in [-0.15, -0.1) is 0 Å². The first-order valence-electron chi connectivity index (χ1n) is 9.44. The Balaban J connectivity index is 1.89. The molecule has 9 heteroatoms. The zero-order chi connectivity index (χ0) is 22.5. The van der Waals surface area contributed by atoms with Crippen molar-refractivity contribution in [3.63, 3.8) is 0 Å². The van der Waals surface area contributed by atoms with Gasteiger partial charge in [0.05, 0.1) is 19.2 Å². The average Bonchev–Trinajstić information content (AvgIpc) is 3.18. The van der Waals surface area contributed by atoms with Crippen molar-refractivity contribution in [2.75, 3.05) is 14.2 Å². The lowest BCUT2D eigenvalue weighted by atomic mass is 10.0. The number of hydrogen-bond acceptors (Lipinski definition) is 5. The second-order valence-corrected chi connectivity index (χ2v) is 7.66. The van der Waals surface area contributed by atoms with Gasteiger partial charge in [-0.05, 0) is 42.8 Å². The van der Waals surface area contributed by atoms with Gasteiger partial charge in [0.1, 0.15) is 29.1 Å². The van der Waals surface area contributed by atoms with E-state index in [2.05, 4.69) is 10.3 Å². The molecule has 1 N–H and O–H groups in total. The number of carbonyl (C=O) groups is 1. The molecule has 2 aromatic carbocycles. The predicted octanol–water partition coefficient (Wildman–Crippen LogP) is 4.42. The Labute approximate surface area is 190 Å². The maximum atomic E-state index is 13.0. The van der Waals surface area contributed by atoms with E-state index in [0.717, 1.165) is 5.56 Å². The van der Waals surface area contributed by atoms with Crippen molar-refractivity contribution < 1.29 is 19.0 Å². The number of amides is 1. The minimum absolute atomic E-state index is 0.324. The van der Waals surface area contributed by atoms with Crippen molar-refractivity contribution in [2.24, 2.45) is 7.05 Å². The molecule has 0 aliphatic carbocycles. The molecular formula is C22H23Cl2N3O4. The van der Waals surface area contributed by atoms with E-state index in [0.29, 0.717) is 33.1 Å². The highest BCUT2D eigenvalue weighted by Gasteiger charge is 2.26. The molecule has 3 aromatic rings. The van der Waals surface area contributed by atoms with Crippen LogP contribution in [0, 0.1) is 0 Å². The third-order valence-corrected chi connectivity index (χ3v) is 5.21. The third-order valence-electron chi connectivity index (χ3n) is 4.68. The first-order valence-corrected chi connectivity index (χ1v) is 10.2. The van der Waals surface area contributed by atoms with Crippen molar-refractivity contribution >= 4 is 29.1 Å². The summed E-state index contributed by atoms with van der Waals surface area (Å²) in [5.74, 6) is 1.85. The Kier molecular flexibility index (Phi) is 7.30. The minimum Gasteiger partial charge on any atom is -0.497 e. The molecule has 0 radical (unpaired) electrons. The van der Waals surface area contributed by atoms with E-state index < -0.39 is 12.1 Å². The smallest absolute Gasteiger partial charge is 0.261 e. The lowest BCUT2D eigenvalue weighted by molar-refractivity contribution is -0.127. The molecule has 1 heterocycles. The molecule has 0 aliphatic rings. The lowest BCUT2D eigenvalue weighted by Gasteiger charge is -2.23. The molecule has 31 heavy (non-hydrogen) atoms. The van der Waals surface area contributed by atoms with E-state index >= 15 is 0 Å². The van der Waals surface area contributed by atoms with E-state index in [9.17, 15) is 4.79 Å². The molecule has 2 unspecified atom stereocenters. The van der Waals surface area contributed by atoms with Crippen molar-refractivity contribution in [3.05, 3.63) is 70.2 Å². The fourth-order valence-electron chi connectivity index (χ4n) is 3.02. The molecule has 7 nitrogen and oxygen atoms in total. The third kappa shape index (κ3) is 5.42. The average molecular weight is 464 g/mol. The van der Waals surface area contributed by atoms with E-state index in [-0.39, 0.29) is 5.91 Å². The van der Waals surface area contributed by atoms with E-state index in [1.807, 2.05) is 23.7 Å². The number of halogens is 2. The summed E-state index contributed by atoms with van der Waals surface area (Å²) in [6.45, 7) is 1.64. The van der Waals surface area contributed by atoms with Gasteiger partial charge in [0.15, 0.2) is 6.10 Å². The van der Waals surface area contributed by atoms with Gasteiger partial charge in [0.25, 0.3) is 5.91 Å². The molecule has 0 bridgehead atoms. The zero-order valence-corrected chi connectivity index (χ0v) is 19.1. The Hall–Kier alpha value is -2.90. The van der Waals surface area contributed by atoms with Crippen LogP contribution in [0.4, 0.5) is 0 Å². The van der Waals surface area contributed by atoms with Gasteiger partial charge in [0, 0.05) is 30.5 Å². The molecule has 0 saturated carbocycles. The molecule has 1 amide bonds. The number of carbonyl (C=O) groups excluding carboxylic acids is 1. The number of aromatic nitrogens is 2. The topological polar surface area (TPSA) is 74.6 Å². The van der Waals surface area contributed by atoms with Gasteiger partial charge < -0.3 is 24.1 Å². The summed E-state index contributed by atoms with van der Waals surface area (Å²) >= 11 is 12.1. The number of hydrogen-bond donors (Lipinski definition) is 1. The molecule has 2 atom stereocenters. The van der Waals surface area contributed by atoms with Gasteiger partial charge in [-0.3, -0.25) is 4.79 Å². The molecule has 0 aliphatic heterocycles. The van der Waals surface area contributed by atoms with Crippen LogP contribution in [0.1, 0.15) is 24.4 Å². The summed E-state index contributed by atoms with van der Waals surface area (Å²) in [6.07, 6.45) is 2.65. The van der Waals surface area contributed by atoms with Crippen LogP contribution < -0.4 is 19.5 Å². The summed E-state index contributed by atoms with van der Waals surface area (Å²) in [7, 11) is 4.99. The Bertz CT molecular complexity index is 1050. The SMILES string of the molecule is COc1cc(OC)cc(C(NC(=O)C(C)Oc2ccc(Cl)cc2Cl)c2nccn2C)c1. The molecule has 1 aromatic heterocycles. The Morgan fingerprint density at radius 3 is 2.32 bits per heavy atom. The van der Waals surface area contributed by atoms with Crippen molar-refractivity contribution in [1.82, 2.24) is 14.9 Å². The molecule has 0 fully saturated rings. The normalized spacial score (nSPS) is 12.7. The minimum atomic E-state index is -0.825. The number of methoxy groups -OCH3 is 2. The summed E-state index contributed by atoms with van der Waals surface area (Å²) in [4.78, 5) is 17.4. The molecule has 3 rings (SSSR count). The second kappa shape index (κ2) is 9.94. The fourth-order valence-corrected chi connectivity index (χ4v) is 3.48. The largest absolute Gasteiger partial charge is 0.497 e. The number of imidazole rings is 1. The van der Waals surface area contributed by atoms with Gasteiger partial charge >= 0.3 is 0 Å². The van der Waals surface area contributed by atoms with Crippen molar-refractivity contribution in [2.45, 2.75) is 19.1 Å². The maximum absolute atomic E-state index is 13.0. The van der Waals surface area contributed by atoms with Crippen LogP contribution in [-0.2, 0) is 11.8 Å². The zero-order valence-electron chi connectivity index (χ0n) is 17.6. The highest BCUT2D eigenvalue weighted by molar-refractivity contribution is 6.35. The van der Waals surface area contributed by atoms with E-state index in [1.165, 1.54) is 0 Å². The van der Waals surface area contributed by atoms with Crippen molar-refractivity contribution in [3.8, 4) is 17.2 Å². The Morgan fingerprint density at radius 2 is 1.77 bits per heavy atom. The number of rotatable bonds is 8. The van der Waals surface area contributed by atoms with Crippen LogP contribution in [0.15, 0.2) is 48.8 Å². The molecule has 164 valence electrons. The first kappa shape index (κ1) is 22.8. The number of nitrogens with zero attached hydrogens (tertiary/aromatic N) is 2. The number of nitrogens with one attached hydrogen (secondary N) is 1. The quantitative estimate of drug-likeness (QED) is 0.535. The maximum Gasteiger partial charge on any atom is 0.261 e. The summed E-state index contributed by atoms with van der Waals surface area (Å²) in [5.41, 5.74) is 0.746. The highest BCUT2D eigenvalue weighted by atomic mass is 35.5. The van der Waals surface area contributed by atoms with Crippen LogP contribution >= 0.6 is 23.2 Å². The monoisotopic (exact) mass is 463 g/mol. The van der Waals surface area contributed by atoms with Gasteiger partial charge in [-0.1, -0.05) is 23.2 Å². The number of ether oxygens (including phenoxy) is 3. The molecule has 0 saturated heterocycles. The summed E-state index contributed by atoms with van der Waals surface area (Å²) in [6, 6.07) is 9.66. The van der Waals surface area contributed by atoms with Gasteiger partial charge in [0.2, 0.25) is 0 Å². The summed E-state index contributed by atoms with van der Waals surface area (Å²) in [5, 5.41) is 3.81. The van der Waals surface area contributed by atoms with Crippen LogP contribution in [0.3, 0.4) is 0 Å². The fraction of sp³-hybridized carbons (Fsp3) is 0.273. The van der Waals surface area contributed by atoms with Crippen LogP contribution in [0.2, 0.25) is 10.0 Å². The lowest BCUT2D eigenvalue weighted by Crippen LogP contribution is -2.39.